The van der Waals surface area contributed by atoms with E-state index in [1.165, 1.54) is 12.5 Å². The van der Waals surface area contributed by atoms with E-state index in [2.05, 4.69) is 29.3 Å². The molecule has 0 aliphatic rings. The minimum absolute atomic E-state index is 0.00465. The highest BCUT2D eigenvalue weighted by Crippen LogP contribution is 2.24. The molecule has 0 saturated heterocycles. The SMILES string of the molecule is CC(=O)c1cccc(-c2nc(-c3ccc4cc(C)cn4c3)no2)c1. The molecule has 0 unspecified atom stereocenters. The first-order chi connectivity index (χ1) is 11.6. The second-order valence-corrected chi connectivity index (χ2v) is 5.83. The van der Waals surface area contributed by atoms with E-state index in [0.29, 0.717) is 17.3 Å². The molecule has 0 aliphatic heterocycles. The van der Waals surface area contributed by atoms with Crippen LogP contribution in [0, 0.1) is 6.92 Å². The molecule has 0 spiro atoms. The van der Waals surface area contributed by atoms with Crippen LogP contribution in [0.5, 0.6) is 0 Å². The van der Waals surface area contributed by atoms with Gasteiger partial charge in [0, 0.05) is 34.6 Å². The number of pyridine rings is 1. The summed E-state index contributed by atoms with van der Waals surface area (Å²) >= 11 is 0. The normalized spacial score (nSPS) is 11.1. The maximum Gasteiger partial charge on any atom is 0.258 e. The average molecular weight is 317 g/mol. The van der Waals surface area contributed by atoms with E-state index in [0.717, 1.165) is 16.6 Å². The van der Waals surface area contributed by atoms with E-state index in [1.807, 2.05) is 34.9 Å². The minimum atomic E-state index is 0.00465. The molecule has 5 nitrogen and oxygen atoms in total. The Balaban J connectivity index is 1.73. The number of carbonyl (C=O) groups is 1. The van der Waals surface area contributed by atoms with Crippen LogP contribution in [-0.4, -0.2) is 20.3 Å². The van der Waals surface area contributed by atoms with Crippen molar-refractivity contribution in [3.63, 3.8) is 0 Å². The van der Waals surface area contributed by atoms with Crippen LogP contribution in [-0.2, 0) is 0 Å². The lowest BCUT2D eigenvalue weighted by Gasteiger charge is -1.98. The number of nitrogens with zero attached hydrogens (tertiary/aromatic N) is 3. The van der Waals surface area contributed by atoms with Crippen molar-refractivity contribution in [1.82, 2.24) is 14.5 Å². The molecule has 3 aromatic heterocycles. The Bertz CT molecular complexity index is 1060. The lowest BCUT2D eigenvalue weighted by Crippen LogP contribution is -1.91. The molecule has 4 aromatic rings. The number of Topliss-reactive ketones (excluding diaryl/α,β-unsaturated/α-hetero) is 1. The van der Waals surface area contributed by atoms with Gasteiger partial charge >= 0.3 is 0 Å². The topological polar surface area (TPSA) is 60.4 Å². The number of benzene rings is 1. The van der Waals surface area contributed by atoms with Crippen molar-refractivity contribution in [3.8, 4) is 22.8 Å². The second kappa shape index (κ2) is 5.45. The fourth-order valence-electron chi connectivity index (χ4n) is 2.71. The van der Waals surface area contributed by atoms with Crippen molar-refractivity contribution >= 4 is 11.3 Å². The summed E-state index contributed by atoms with van der Waals surface area (Å²) in [6, 6.07) is 13.3. The molecular formula is C19H15N3O2. The fraction of sp³-hybridized carbons (Fsp3) is 0.105. The number of carbonyl (C=O) groups excluding carboxylic acids is 1. The summed E-state index contributed by atoms with van der Waals surface area (Å²) in [6.45, 7) is 3.59. The van der Waals surface area contributed by atoms with E-state index in [1.54, 1.807) is 12.1 Å². The molecule has 1 aromatic carbocycles. The second-order valence-electron chi connectivity index (χ2n) is 5.83. The zero-order valence-electron chi connectivity index (χ0n) is 13.4. The van der Waals surface area contributed by atoms with Crippen LogP contribution in [0.1, 0.15) is 22.8 Å². The summed E-state index contributed by atoms with van der Waals surface area (Å²) in [6.07, 6.45) is 4.03. The molecule has 0 aliphatic carbocycles. The first kappa shape index (κ1) is 14.4. The molecule has 0 N–H and O–H groups in total. The molecule has 0 saturated carbocycles. The Hall–Kier alpha value is -3.21. The third-order valence-electron chi connectivity index (χ3n) is 3.93. The van der Waals surface area contributed by atoms with Crippen LogP contribution in [0.25, 0.3) is 28.4 Å². The maximum absolute atomic E-state index is 11.5. The highest BCUT2D eigenvalue weighted by molar-refractivity contribution is 5.95. The van der Waals surface area contributed by atoms with Gasteiger partial charge in [0.05, 0.1) is 0 Å². The van der Waals surface area contributed by atoms with E-state index >= 15 is 0 Å². The first-order valence-electron chi connectivity index (χ1n) is 7.64. The molecule has 24 heavy (non-hydrogen) atoms. The zero-order valence-corrected chi connectivity index (χ0v) is 13.4. The van der Waals surface area contributed by atoms with Gasteiger partial charge in [0.25, 0.3) is 5.89 Å². The smallest absolute Gasteiger partial charge is 0.258 e. The molecule has 0 fully saturated rings. The molecule has 5 heteroatoms. The predicted molar refractivity (Wildman–Crippen MR) is 90.9 cm³/mol. The van der Waals surface area contributed by atoms with Crippen molar-refractivity contribution in [2.45, 2.75) is 13.8 Å². The largest absolute Gasteiger partial charge is 0.334 e. The van der Waals surface area contributed by atoms with Gasteiger partial charge in [0.15, 0.2) is 5.78 Å². The molecule has 0 atom stereocenters. The Morgan fingerprint density at radius 1 is 1.08 bits per heavy atom. The van der Waals surface area contributed by atoms with Gasteiger partial charge in [-0.3, -0.25) is 4.79 Å². The first-order valence-corrected chi connectivity index (χ1v) is 7.64. The number of aryl methyl sites for hydroxylation is 1. The van der Waals surface area contributed by atoms with Crippen molar-refractivity contribution in [3.05, 3.63) is 66.0 Å². The van der Waals surface area contributed by atoms with Crippen LogP contribution >= 0.6 is 0 Å². The quantitative estimate of drug-likeness (QED) is 0.532. The predicted octanol–water partition coefficient (Wildman–Crippen LogP) is 4.17. The van der Waals surface area contributed by atoms with Gasteiger partial charge in [-0.2, -0.15) is 4.98 Å². The van der Waals surface area contributed by atoms with Crippen molar-refractivity contribution in [2.24, 2.45) is 0 Å². The third kappa shape index (κ3) is 2.50. The highest BCUT2D eigenvalue weighted by Gasteiger charge is 2.12. The number of hydrogen-bond donors (Lipinski definition) is 0. The molecule has 4 rings (SSSR count). The van der Waals surface area contributed by atoms with Crippen molar-refractivity contribution < 1.29 is 9.32 Å². The summed E-state index contributed by atoms with van der Waals surface area (Å²) in [5.74, 6) is 0.924. The van der Waals surface area contributed by atoms with Crippen LogP contribution in [0.2, 0.25) is 0 Å². The third-order valence-corrected chi connectivity index (χ3v) is 3.93. The Morgan fingerprint density at radius 3 is 2.79 bits per heavy atom. The van der Waals surface area contributed by atoms with E-state index < -0.39 is 0 Å². The molecule has 0 radical (unpaired) electrons. The summed E-state index contributed by atoms with van der Waals surface area (Å²) < 4.78 is 7.41. The van der Waals surface area contributed by atoms with E-state index in [-0.39, 0.29) is 5.78 Å². The number of fused-ring (bicyclic) bond motifs is 1. The Kier molecular flexibility index (Phi) is 3.27. The number of aromatic nitrogens is 3. The van der Waals surface area contributed by atoms with Gasteiger partial charge in [-0.25, -0.2) is 0 Å². The monoisotopic (exact) mass is 317 g/mol. The molecule has 118 valence electrons. The van der Waals surface area contributed by atoms with Gasteiger partial charge in [-0.15, -0.1) is 0 Å². The van der Waals surface area contributed by atoms with Gasteiger partial charge in [0.2, 0.25) is 5.82 Å². The summed E-state index contributed by atoms with van der Waals surface area (Å²) in [5, 5.41) is 4.07. The lowest BCUT2D eigenvalue weighted by molar-refractivity contribution is 0.101. The highest BCUT2D eigenvalue weighted by atomic mass is 16.5. The van der Waals surface area contributed by atoms with Gasteiger partial charge < -0.3 is 8.92 Å². The Morgan fingerprint density at radius 2 is 1.96 bits per heavy atom. The summed E-state index contributed by atoms with van der Waals surface area (Å²) in [5.41, 5.74) is 4.54. The Labute approximate surface area is 138 Å². The van der Waals surface area contributed by atoms with Crippen LogP contribution in [0.15, 0.2) is 59.4 Å². The molecule has 3 heterocycles. The van der Waals surface area contributed by atoms with E-state index in [9.17, 15) is 4.79 Å². The molecule has 0 bridgehead atoms. The number of hydrogen-bond acceptors (Lipinski definition) is 4. The van der Waals surface area contributed by atoms with Crippen LogP contribution < -0.4 is 0 Å². The minimum Gasteiger partial charge on any atom is -0.334 e. The van der Waals surface area contributed by atoms with Crippen molar-refractivity contribution in [2.75, 3.05) is 0 Å². The standard InChI is InChI=1S/C19H15N3O2/c1-12-8-17-7-6-16(11-22(17)10-12)18-20-19(24-21-18)15-5-3-4-14(9-15)13(2)23/h3-11H,1-2H3. The molecular weight excluding hydrogens is 302 g/mol. The van der Waals surface area contributed by atoms with Crippen LogP contribution in [0.3, 0.4) is 0 Å². The van der Waals surface area contributed by atoms with Gasteiger partial charge in [-0.1, -0.05) is 17.3 Å². The van der Waals surface area contributed by atoms with Gasteiger partial charge in [0.1, 0.15) is 0 Å². The van der Waals surface area contributed by atoms with Gasteiger partial charge in [-0.05, 0) is 49.7 Å². The maximum atomic E-state index is 11.5. The van der Waals surface area contributed by atoms with E-state index in [4.69, 9.17) is 4.52 Å². The summed E-state index contributed by atoms with van der Waals surface area (Å²) in [4.78, 5) is 16.0. The zero-order chi connectivity index (χ0) is 16.7. The number of rotatable bonds is 3. The average Bonchev–Trinajstić information content (AvgIpc) is 3.19. The van der Waals surface area contributed by atoms with Crippen LogP contribution in [0.4, 0.5) is 0 Å². The lowest BCUT2D eigenvalue weighted by atomic mass is 10.1. The number of ketones is 1. The van der Waals surface area contributed by atoms with Crippen molar-refractivity contribution in [1.29, 1.82) is 0 Å². The fourth-order valence-corrected chi connectivity index (χ4v) is 2.71. The molecule has 0 amide bonds. The summed E-state index contributed by atoms with van der Waals surface area (Å²) in [7, 11) is 0.